The van der Waals surface area contributed by atoms with Gasteiger partial charge in [0.2, 0.25) is 0 Å². The molecule has 0 saturated heterocycles. The number of benzene rings is 1. The summed E-state index contributed by atoms with van der Waals surface area (Å²) in [5.74, 6) is -0.534. The van der Waals surface area contributed by atoms with Crippen molar-refractivity contribution in [1.29, 1.82) is 0 Å². The normalized spacial score (nSPS) is 11.8. The maximum absolute atomic E-state index is 13.3. The van der Waals surface area contributed by atoms with Gasteiger partial charge in [-0.2, -0.15) is 0 Å². The smallest absolute Gasteiger partial charge is 0.170 e. The van der Waals surface area contributed by atoms with Crippen LogP contribution in [-0.2, 0) is 6.54 Å². The maximum atomic E-state index is 13.3. The van der Waals surface area contributed by atoms with Gasteiger partial charge in [0.25, 0.3) is 0 Å². The molecule has 0 spiro atoms. The van der Waals surface area contributed by atoms with Gasteiger partial charge in [0.15, 0.2) is 5.84 Å². The molecule has 1 aromatic heterocycles. The van der Waals surface area contributed by atoms with Crippen LogP contribution < -0.4 is 5.73 Å². The Morgan fingerprint density at radius 1 is 1.47 bits per heavy atom. The van der Waals surface area contributed by atoms with Gasteiger partial charge >= 0.3 is 0 Å². The zero-order valence-corrected chi connectivity index (χ0v) is 10.8. The molecule has 0 radical (unpaired) electrons. The Morgan fingerprint density at radius 3 is 2.79 bits per heavy atom. The number of imidazole rings is 1. The van der Waals surface area contributed by atoms with E-state index >= 15 is 0 Å². The molecule has 0 aliphatic rings. The fraction of sp³-hybridized carbons (Fsp3) is 0.231. The molecule has 0 amide bonds. The highest BCUT2D eigenvalue weighted by atomic mass is 19.1. The first-order valence-electron chi connectivity index (χ1n) is 5.77. The zero-order chi connectivity index (χ0) is 14.0. The van der Waals surface area contributed by atoms with Crippen molar-refractivity contribution in [2.45, 2.75) is 20.4 Å². The number of rotatable bonds is 3. The van der Waals surface area contributed by atoms with E-state index in [4.69, 9.17) is 10.9 Å². The van der Waals surface area contributed by atoms with E-state index in [1.54, 1.807) is 12.4 Å². The topological polar surface area (TPSA) is 76.4 Å². The van der Waals surface area contributed by atoms with Crippen molar-refractivity contribution in [3.05, 3.63) is 52.9 Å². The van der Waals surface area contributed by atoms with Gasteiger partial charge in [0.05, 0.1) is 12.0 Å². The first-order chi connectivity index (χ1) is 9.02. The number of hydrogen-bond acceptors (Lipinski definition) is 3. The van der Waals surface area contributed by atoms with Crippen molar-refractivity contribution < 1.29 is 9.60 Å². The molecule has 0 aliphatic heterocycles. The van der Waals surface area contributed by atoms with Crippen LogP contribution in [0.4, 0.5) is 4.39 Å². The van der Waals surface area contributed by atoms with Crippen molar-refractivity contribution in [3.8, 4) is 0 Å². The fourth-order valence-corrected chi connectivity index (χ4v) is 1.87. The molecule has 0 bridgehead atoms. The largest absolute Gasteiger partial charge is 0.409 e. The predicted octanol–water partition coefficient (Wildman–Crippen LogP) is 1.78. The van der Waals surface area contributed by atoms with Gasteiger partial charge in [-0.3, -0.25) is 0 Å². The van der Waals surface area contributed by atoms with E-state index in [1.807, 2.05) is 18.4 Å². The standard InChI is InChI=1S/C13H15FN4O/c1-8-9(2)18(7-16-8)6-10-3-4-11(14)5-12(10)13(15)17-19/h3-5,7,19H,6H2,1-2H3,(H2,15,17). The molecule has 0 saturated carbocycles. The Bertz CT molecular complexity index is 634. The van der Waals surface area contributed by atoms with Crippen LogP contribution in [0, 0.1) is 19.7 Å². The second kappa shape index (κ2) is 5.09. The van der Waals surface area contributed by atoms with Crippen molar-refractivity contribution in [3.63, 3.8) is 0 Å². The van der Waals surface area contributed by atoms with E-state index < -0.39 is 5.82 Å². The van der Waals surface area contributed by atoms with Gasteiger partial charge < -0.3 is 15.5 Å². The first-order valence-corrected chi connectivity index (χ1v) is 5.77. The van der Waals surface area contributed by atoms with E-state index in [-0.39, 0.29) is 5.84 Å². The lowest BCUT2D eigenvalue weighted by molar-refractivity contribution is 0.318. The van der Waals surface area contributed by atoms with E-state index in [0.717, 1.165) is 17.0 Å². The highest BCUT2D eigenvalue weighted by molar-refractivity contribution is 5.98. The van der Waals surface area contributed by atoms with Gasteiger partial charge in [-0.1, -0.05) is 11.2 Å². The molecule has 0 unspecified atom stereocenters. The number of amidine groups is 1. The SMILES string of the molecule is Cc1ncn(Cc2ccc(F)cc2C(N)=NO)c1C. The van der Waals surface area contributed by atoms with E-state index in [2.05, 4.69) is 10.1 Å². The molecular weight excluding hydrogens is 247 g/mol. The third-order valence-electron chi connectivity index (χ3n) is 3.14. The second-order valence-corrected chi connectivity index (χ2v) is 4.33. The minimum absolute atomic E-state index is 0.107. The van der Waals surface area contributed by atoms with Crippen LogP contribution >= 0.6 is 0 Å². The Hall–Kier alpha value is -2.37. The fourth-order valence-electron chi connectivity index (χ4n) is 1.87. The molecule has 0 aliphatic carbocycles. The summed E-state index contributed by atoms with van der Waals surface area (Å²) in [7, 11) is 0. The van der Waals surface area contributed by atoms with Crippen LogP contribution in [0.5, 0.6) is 0 Å². The van der Waals surface area contributed by atoms with Crippen LogP contribution in [0.25, 0.3) is 0 Å². The van der Waals surface area contributed by atoms with E-state index in [1.165, 1.54) is 12.1 Å². The number of aromatic nitrogens is 2. The minimum Gasteiger partial charge on any atom is -0.409 e. The highest BCUT2D eigenvalue weighted by Gasteiger charge is 2.11. The van der Waals surface area contributed by atoms with Crippen molar-refractivity contribution in [2.24, 2.45) is 10.9 Å². The quantitative estimate of drug-likeness (QED) is 0.383. The monoisotopic (exact) mass is 262 g/mol. The van der Waals surface area contributed by atoms with Crippen molar-refractivity contribution >= 4 is 5.84 Å². The number of hydrogen-bond donors (Lipinski definition) is 2. The molecule has 1 heterocycles. The lowest BCUT2D eigenvalue weighted by Gasteiger charge is -2.10. The van der Waals surface area contributed by atoms with Crippen molar-refractivity contribution in [1.82, 2.24) is 9.55 Å². The van der Waals surface area contributed by atoms with Crippen LogP contribution in [-0.4, -0.2) is 20.6 Å². The Balaban J connectivity index is 2.43. The Kier molecular flexibility index (Phi) is 3.50. The minimum atomic E-state index is -0.427. The number of nitrogens with zero attached hydrogens (tertiary/aromatic N) is 3. The number of nitrogens with two attached hydrogens (primary N) is 1. The molecular formula is C13H15FN4O. The van der Waals surface area contributed by atoms with Crippen LogP contribution in [0.2, 0.25) is 0 Å². The van der Waals surface area contributed by atoms with Gasteiger partial charge in [0.1, 0.15) is 5.82 Å². The molecule has 6 heteroatoms. The van der Waals surface area contributed by atoms with Crippen LogP contribution in [0.3, 0.4) is 0 Å². The first kappa shape index (κ1) is 13.1. The zero-order valence-electron chi connectivity index (χ0n) is 10.8. The molecule has 0 fully saturated rings. The summed E-state index contributed by atoms with van der Waals surface area (Å²) >= 11 is 0. The second-order valence-electron chi connectivity index (χ2n) is 4.33. The molecule has 100 valence electrons. The average Bonchev–Trinajstić information content (AvgIpc) is 2.71. The molecule has 2 rings (SSSR count). The molecule has 5 nitrogen and oxygen atoms in total. The summed E-state index contributed by atoms with van der Waals surface area (Å²) in [5, 5.41) is 11.7. The van der Waals surface area contributed by atoms with E-state index in [9.17, 15) is 4.39 Å². The summed E-state index contributed by atoms with van der Waals surface area (Å²) in [6.07, 6.45) is 1.71. The lowest BCUT2D eigenvalue weighted by atomic mass is 10.1. The Morgan fingerprint density at radius 2 is 2.21 bits per heavy atom. The third-order valence-corrected chi connectivity index (χ3v) is 3.14. The van der Waals surface area contributed by atoms with Crippen LogP contribution in [0.15, 0.2) is 29.7 Å². The molecule has 2 aromatic rings. The highest BCUT2D eigenvalue weighted by Crippen LogP contribution is 2.15. The maximum Gasteiger partial charge on any atom is 0.170 e. The summed E-state index contributed by atoms with van der Waals surface area (Å²) < 4.78 is 15.2. The molecule has 3 N–H and O–H groups in total. The van der Waals surface area contributed by atoms with E-state index in [0.29, 0.717) is 12.1 Å². The number of oxime groups is 1. The molecule has 1 aromatic carbocycles. The van der Waals surface area contributed by atoms with Gasteiger partial charge in [-0.25, -0.2) is 9.37 Å². The Labute approximate surface area is 110 Å². The van der Waals surface area contributed by atoms with Crippen LogP contribution in [0.1, 0.15) is 22.5 Å². The predicted molar refractivity (Wildman–Crippen MR) is 69.7 cm³/mol. The lowest BCUT2D eigenvalue weighted by Crippen LogP contribution is -2.17. The number of halogens is 1. The number of aryl methyl sites for hydroxylation is 1. The van der Waals surface area contributed by atoms with Gasteiger partial charge in [-0.05, 0) is 31.5 Å². The van der Waals surface area contributed by atoms with Crippen molar-refractivity contribution in [2.75, 3.05) is 0 Å². The summed E-state index contributed by atoms with van der Waals surface area (Å²) in [6.45, 7) is 4.36. The molecule has 19 heavy (non-hydrogen) atoms. The summed E-state index contributed by atoms with van der Waals surface area (Å²) in [6, 6.07) is 4.23. The van der Waals surface area contributed by atoms with Gasteiger partial charge in [0, 0.05) is 17.8 Å². The average molecular weight is 262 g/mol. The summed E-state index contributed by atoms with van der Waals surface area (Å²) in [4.78, 5) is 4.20. The van der Waals surface area contributed by atoms with Gasteiger partial charge in [-0.15, -0.1) is 0 Å². The summed E-state index contributed by atoms with van der Waals surface area (Å²) in [5.41, 5.74) is 8.67. The molecule has 0 atom stereocenters. The third kappa shape index (κ3) is 2.57.